The molecule has 0 bridgehead atoms. The Morgan fingerprint density at radius 2 is 1.76 bits per heavy atom. The molecule has 1 aromatic heterocycles. The lowest BCUT2D eigenvalue weighted by molar-refractivity contribution is -0.142. The summed E-state index contributed by atoms with van der Waals surface area (Å²) < 4.78 is 17.5. The van der Waals surface area contributed by atoms with Crippen molar-refractivity contribution in [1.82, 2.24) is 20.5 Å². The molecule has 0 radical (unpaired) electrons. The van der Waals surface area contributed by atoms with Crippen molar-refractivity contribution in [2.75, 3.05) is 27.7 Å². The van der Waals surface area contributed by atoms with E-state index in [1.165, 1.54) is 23.8 Å². The van der Waals surface area contributed by atoms with Gasteiger partial charge >= 0.3 is 7.60 Å². The third kappa shape index (κ3) is 11.2. The number of methoxy groups -OCH3 is 1. The van der Waals surface area contributed by atoms with Gasteiger partial charge in [0.25, 0.3) is 11.4 Å². The average molecular weight is 667 g/mol. The summed E-state index contributed by atoms with van der Waals surface area (Å²) in [5.74, 6) is -1.32. The van der Waals surface area contributed by atoms with Crippen molar-refractivity contribution in [3.05, 3.63) is 52.0 Å². The van der Waals surface area contributed by atoms with Gasteiger partial charge < -0.3 is 30.1 Å². The molecule has 0 saturated heterocycles. The minimum absolute atomic E-state index is 0.00925. The highest BCUT2D eigenvalue weighted by atomic mass is 32.1. The van der Waals surface area contributed by atoms with Crippen molar-refractivity contribution in [2.24, 2.45) is 17.8 Å². The Kier molecular flexibility index (Phi) is 15.2. The topological polar surface area (TPSA) is 175 Å². The van der Waals surface area contributed by atoms with E-state index in [2.05, 4.69) is 15.6 Å². The number of carbonyl (C=O) groups excluding carboxylic acids is 4. The summed E-state index contributed by atoms with van der Waals surface area (Å²) in [5.41, 5.74) is -0.803. The Labute approximate surface area is 269 Å². The average Bonchev–Trinajstić information content (AvgIpc) is 3.49. The first-order chi connectivity index (χ1) is 21.1. The summed E-state index contributed by atoms with van der Waals surface area (Å²) in [5, 5.41) is 7.26. The molecule has 1 heterocycles. The van der Waals surface area contributed by atoms with Gasteiger partial charge in [0.2, 0.25) is 5.91 Å². The van der Waals surface area contributed by atoms with Gasteiger partial charge in [-0.2, -0.15) is 0 Å². The maximum atomic E-state index is 13.8. The van der Waals surface area contributed by atoms with E-state index in [0.29, 0.717) is 17.0 Å². The van der Waals surface area contributed by atoms with E-state index in [4.69, 9.17) is 4.74 Å². The molecule has 250 valence electrons. The molecule has 0 fully saturated rings. The van der Waals surface area contributed by atoms with Crippen molar-refractivity contribution < 1.29 is 38.3 Å². The number of thiazole rings is 1. The number of likely N-dealkylation sites (N-methyl/N-ethyl adjacent to an activating group) is 1. The number of ether oxygens (including phenoxy) is 1. The van der Waals surface area contributed by atoms with Crippen molar-refractivity contribution in [1.29, 1.82) is 0 Å². The molecule has 0 aliphatic heterocycles. The monoisotopic (exact) mass is 666 g/mol. The van der Waals surface area contributed by atoms with Gasteiger partial charge in [-0.15, -0.1) is 11.3 Å². The first-order valence-corrected chi connectivity index (χ1v) is 17.5. The maximum Gasteiger partial charge on any atom is 0.393 e. The molecule has 1 aromatic carbocycles. The minimum atomic E-state index is -5.13. The Hall–Kier alpha value is -2.80. The second kappa shape index (κ2) is 17.8. The van der Waals surface area contributed by atoms with Crippen LogP contribution in [0.2, 0.25) is 0 Å². The Morgan fingerprint density at radius 1 is 1.11 bits per heavy atom. The number of nitrogens with one attached hydrogen (secondary N) is 2. The fourth-order valence-electron chi connectivity index (χ4n) is 5.18. The normalized spacial score (nSPS) is 15.2. The quantitative estimate of drug-likeness (QED) is 0.162. The SMILES string of the molecule is CCC(C)[C@H](CC(=O)CNC)C(=O)N(C)[C@H](CC(OC)c1nc(C(=O)N[C@@H](Cc2ccccc2)C(=O)P(=O)(O)O)cs1)C(C)C. The molecule has 14 heteroatoms. The first kappa shape index (κ1) is 38.4. The zero-order chi connectivity index (χ0) is 33.9. The van der Waals surface area contributed by atoms with Crippen LogP contribution in [0.25, 0.3) is 0 Å². The van der Waals surface area contributed by atoms with Gasteiger partial charge in [0.05, 0.1) is 6.54 Å². The van der Waals surface area contributed by atoms with Crippen molar-refractivity contribution in [3.63, 3.8) is 0 Å². The lowest BCUT2D eigenvalue weighted by Gasteiger charge is -2.36. The van der Waals surface area contributed by atoms with Crippen molar-refractivity contribution in [3.8, 4) is 0 Å². The highest BCUT2D eigenvalue weighted by Crippen LogP contribution is 2.38. The van der Waals surface area contributed by atoms with Gasteiger partial charge in [-0.05, 0) is 24.4 Å². The number of ketones is 1. The zero-order valence-electron chi connectivity index (χ0n) is 27.1. The second-order valence-electron chi connectivity index (χ2n) is 11.7. The number of hydrogen-bond acceptors (Lipinski definition) is 9. The number of amides is 2. The van der Waals surface area contributed by atoms with Gasteiger partial charge in [0.1, 0.15) is 28.6 Å². The van der Waals surface area contributed by atoms with Gasteiger partial charge in [-0.3, -0.25) is 23.7 Å². The molecule has 5 atom stereocenters. The number of Topliss-reactive ketones (excluding diaryl/α,β-unsaturated/α-hetero) is 1. The lowest BCUT2D eigenvalue weighted by Crippen LogP contribution is -2.46. The summed E-state index contributed by atoms with van der Waals surface area (Å²) >= 11 is 1.17. The molecule has 0 aliphatic carbocycles. The summed E-state index contributed by atoms with van der Waals surface area (Å²) in [6, 6.07) is 6.84. The van der Waals surface area contributed by atoms with Gasteiger partial charge in [-0.1, -0.05) is 64.4 Å². The van der Waals surface area contributed by atoms with Crippen LogP contribution in [0.4, 0.5) is 0 Å². The third-order valence-electron chi connectivity index (χ3n) is 8.03. The molecule has 0 spiro atoms. The first-order valence-electron chi connectivity index (χ1n) is 15.0. The molecule has 2 unspecified atom stereocenters. The predicted molar refractivity (Wildman–Crippen MR) is 173 cm³/mol. The number of aromatic nitrogens is 1. The van der Waals surface area contributed by atoms with Gasteiger partial charge in [0, 0.05) is 50.8 Å². The summed E-state index contributed by atoms with van der Waals surface area (Å²) in [6.07, 6.45) is 0.584. The number of hydrogen-bond donors (Lipinski definition) is 4. The fraction of sp³-hybridized carbons (Fsp3) is 0.581. The molecule has 4 N–H and O–H groups in total. The van der Waals surface area contributed by atoms with Crippen LogP contribution in [-0.2, 0) is 30.1 Å². The number of rotatable bonds is 19. The van der Waals surface area contributed by atoms with Crippen LogP contribution in [0.5, 0.6) is 0 Å². The summed E-state index contributed by atoms with van der Waals surface area (Å²) in [6.45, 7) is 8.17. The molecular formula is C31H47N4O8PS. The molecule has 12 nitrogen and oxygen atoms in total. The van der Waals surface area contributed by atoms with E-state index in [1.807, 2.05) is 27.7 Å². The zero-order valence-corrected chi connectivity index (χ0v) is 28.8. The van der Waals surface area contributed by atoms with E-state index in [-0.39, 0.29) is 54.6 Å². The van der Waals surface area contributed by atoms with Crippen molar-refractivity contribution >= 4 is 42.1 Å². The standard InChI is InChI=1S/C31H47N4O8PS/c1-8-20(4)23(15-22(36)17-32-5)30(38)35(6)26(19(2)3)16-27(43-7)29-34-25(18-45-29)28(37)33-24(31(39)44(40,41)42)14-21-12-10-9-11-13-21/h9-13,18-20,23-24,26-27,32H,8,14-17H2,1-7H3,(H,33,37)(H2,40,41,42)/t20?,23-,24-,26+,27?/m0/s1. The Balaban J connectivity index is 2.25. The minimum Gasteiger partial charge on any atom is -0.374 e. The van der Waals surface area contributed by atoms with Crippen LogP contribution in [0, 0.1) is 17.8 Å². The molecular weight excluding hydrogens is 619 g/mol. The molecule has 2 aromatic rings. The van der Waals surface area contributed by atoms with Crippen LogP contribution in [-0.4, -0.2) is 82.6 Å². The molecule has 0 saturated carbocycles. The predicted octanol–water partition coefficient (Wildman–Crippen LogP) is 3.59. The van der Waals surface area contributed by atoms with Crippen LogP contribution < -0.4 is 10.6 Å². The smallest absolute Gasteiger partial charge is 0.374 e. The van der Waals surface area contributed by atoms with Gasteiger partial charge in [0.15, 0.2) is 0 Å². The number of benzene rings is 1. The maximum absolute atomic E-state index is 13.8. The number of carbonyl (C=O) groups is 4. The Bertz CT molecular complexity index is 1330. The van der Waals surface area contributed by atoms with E-state index < -0.39 is 37.1 Å². The van der Waals surface area contributed by atoms with E-state index >= 15 is 0 Å². The third-order valence-corrected chi connectivity index (χ3v) is 9.85. The molecule has 0 aliphatic rings. The van der Waals surface area contributed by atoms with Crippen LogP contribution >= 0.6 is 18.9 Å². The van der Waals surface area contributed by atoms with Crippen LogP contribution in [0.1, 0.15) is 74.1 Å². The lowest BCUT2D eigenvalue weighted by atomic mass is 9.85. The molecule has 45 heavy (non-hydrogen) atoms. The van der Waals surface area contributed by atoms with E-state index in [0.717, 1.165) is 6.42 Å². The molecule has 2 rings (SSSR count). The van der Waals surface area contributed by atoms with Gasteiger partial charge in [-0.25, -0.2) is 4.98 Å². The molecule has 2 amide bonds. The fourth-order valence-corrected chi connectivity index (χ4v) is 6.62. The summed E-state index contributed by atoms with van der Waals surface area (Å²) in [4.78, 5) is 77.1. The second-order valence-corrected chi connectivity index (χ2v) is 14.1. The van der Waals surface area contributed by atoms with E-state index in [1.54, 1.807) is 49.3 Å². The Morgan fingerprint density at radius 3 is 2.29 bits per heavy atom. The highest BCUT2D eigenvalue weighted by Gasteiger charge is 2.37. The van der Waals surface area contributed by atoms with E-state index in [9.17, 15) is 33.5 Å². The van der Waals surface area contributed by atoms with Crippen LogP contribution in [0.15, 0.2) is 35.7 Å². The van der Waals surface area contributed by atoms with Crippen LogP contribution in [0.3, 0.4) is 0 Å². The van der Waals surface area contributed by atoms with Crippen molar-refractivity contribution in [2.45, 2.75) is 71.6 Å². The number of nitrogens with zero attached hydrogens (tertiary/aromatic N) is 2. The largest absolute Gasteiger partial charge is 0.393 e. The highest BCUT2D eigenvalue weighted by molar-refractivity contribution is 7.70. The summed E-state index contributed by atoms with van der Waals surface area (Å²) in [7, 11) is -0.181.